The van der Waals surface area contributed by atoms with Crippen molar-refractivity contribution < 1.29 is 185 Å². The molecule has 4 fully saturated rings. The maximum absolute atomic E-state index is 12.7. The van der Waals surface area contributed by atoms with Gasteiger partial charge in [-0.1, -0.05) is 6.92 Å². The predicted molar refractivity (Wildman–Crippen MR) is 237 cm³/mol. The molecule has 1 amide bonds. The average molecular weight is 1280 g/mol. The van der Waals surface area contributed by atoms with E-state index in [0.717, 1.165) is 6.92 Å². The van der Waals surface area contributed by atoms with Crippen LogP contribution < -0.4 is 15.8 Å². The van der Waals surface area contributed by atoms with E-state index in [4.69, 9.17) is 53.7 Å². The summed E-state index contributed by atoms with van der Waals surface area (Å²) in [7, 11) is -29.1. The Morgan fingerprint density at radius 3 is 1.44 bits per heavy atom. The molecule has 80 heavy (non-hydrogen) atoms. The van der Waals surface area contributed by atoms with Crippen LogP contribution in [0.15, 0.2) is 0 Å². The van der Waals surface area contributed by atoms with Crippen molar-refractivity contribution in [3.05, 3.63) is 0 Å². The fourth-order valence-corrected chi connectivity index (χ4v) is 9.95. The number of carboxylic acid groups (broad SMARTS) is 3. The number of nitrogens with one attached hydrogen (secondary N) is 2. The fraction of sp³-hybridized carbons (Fsp3) is 0.875. The van der Waals surface area contributed by atoms with Gasteiger partial charge in [0.15, 0.2) is 49.6 Å². The molecule has 0 bridgehead atoms. The van der Waals surface area contributed by atoms with Crippen LogP contribution in [0.5, 0.6) is 0 Å². The Balaban J connectivity index is 0.00000152. The number of ether oxygens (including phenoxy) is 7. The van der Waals surface area contributed by atoms with Gasteiger partial charge in [-0.15, -0.1) is 0 Å². The molecule has 0 aromatic rings. The standard InChI is InChI=1S/C26H42N2O37S5.C6H13NO3/c1-4(30)27-7-9(31)13(6(56-23(7)39)3-55-67(43,44)45)58-26-19(65-70(52,53)54)12(34)16(20(62-26)22(37)38)60-24-8(28-66(40,41)42)15(63-68(46,47)48)14(5(2-29)57-24)59-25-18(64-69(49,50)51)11(33)10(32)17(61-25)21(35)36;1-3(4(2)8)5(7)6(9)10/h5-20,23-26,28-29,31-34,39H,2-3H2,1H3,(H,27,30)(H,35,36)(H,37,38)(H,40,41,42)(H,43,44,45)(H,46,47,48)(H,49,50,51)(H,52,53,54);3-5,8H,7H2,1-2H3,(H,9,10)/t5-,6+,7-,8-,9-,10-,11-,12+,13-,14-,15-,16+,17-,18+,19-,20+,23-,24+,25+,26-;3-,4?,5-/m10/s1. The van der Waals surface area contributed by atoms with Crippen LogP contribution >= 0.6 is 0 Å². The highest BCUT2D eigenvalue weighted by Gasteiger charge is 2.60. The maximum Gasteiger partial charge on any atom is 0.397 e. The van der Waals surface area contributed by atoms with E-state index in [1.807, 2.05) is 5.32 Å². The number of aliphatic hydroxyl groups excluding tert-OH is 7. The van der Waals surface area contributed by atoms with Gasteiger partial charge in [-0.2, -0.15) is 46.8 Å². The number of nitrogens with two attached hydrogens (primary N) is 1. The Morgan fingerprint density at radius 2 is 1.02 bits per heavy atom. The molecule has 0 aliphatic carbocycles. The first-order valence-corrected chi connectivity index (χ1v) is 28.5. The van der Waals surface area contributed by atoms with E-state index in [1.165, 1.54) is 11.6 Å². The summed E-state index contributed by atoms with van der Waals surface area (Å²) in [6.07, 6.45) is -49.7. The third-order valence-corrected chi connectivity index (χ3v) is 13.7. The van der Waals surface area contributed by atoms with Crippen molar-refractivity contribution in [3.63, 3.8) is 0 Å². The summed E-state index contributed by atoms with van der Waals surface area (Å²) in [6, 6.07) is -5.93. The van der Waals surface area contributed by atoms with Gasteiger partial charge < -0.3 is 95.3 Å². The van der Waals surface area contributed by atoms with Crippen LogP contribution in [0.25, 0.3) is 0 Å². The van der Waals surface area contributed by atoms with Crippen molar-refractivity contribution in [2.45, 2.75) is 156 Å². The normalized spacial score (nSPS) is 36.8. The highest BCUT2D eigenvalue weighted by atomic mass is 32.3. The molecule has 0 aromatic carbocycles. The maximum atomic E-state index is 12.7. The van der Waals surface area contributed by atoms with Gasteiger partial charge in [0, 0.05) is 12.8 Å². The van der Waals surface area contributed by atoms with Gasteiger partial charge in [0.25, 0.3) is 0 Å². The van der Waals surface area contributed by atoms with E-state index in [-0.39, 0.29) is 0 Å². The van der Waals surface area contributed by atoms with Crippen LogP contribution in [0, 0.1) is 5.92 Å². The number of carboxylic acids is 3. The number of amides is 1. The quantitative estimate of drug-likeness (QED) is 0.0399. The third kappa shape index (κ3) is 20.5. The SMILES string of the molecule is CC(=O)N[C@@H]1[C@@H](O)[C@H](O[C@@H]2O[C@H](C(=O)O)[C@@H](O[C@@H]3O[C@H](CO)[C@@H](O[C@H]4O[C@@H](C(=O)O)[C@H](O)[C@@H](O)[C@@H]4OS(=O)(=O)O)[C@H](OS(=O)(=O)O)[C@H]3NS(=O)(=O)O)[C@H](O)[C@H]2OS(=O)(=O)O)[C@H](COS(=O)(=O)O)O[C@H]1O.CC(O)[C@H](C)[C@H](N)C(=O)O. The summed E-state index contributed by atoms with van der Waals surface area (Å²) in [5.41, 5.74) is 5.20. The van der Waals surface area contributed by atoms with Crippen molar-refractivity contribution >= 4 is 75.7 Å². The van der Waals surface area contributed by atoms with Crippen LogP contribution in [0.2, 0.25) is 0 Å². The van der Waals surface area contributed by atoms with Gasteiger partial charge >= 0.3 is 69.8 Å². The molecule has 0 saturated carbocycles. The molecule has 4 aliphatic heterocycles. The molecule has 4 rings (SSSR count). The van der Waals surface area contributed by atoms with E-state index in [2.05, 4.69) is 16.7 Å². The minimum Gasteiger partial charge on any atom is -0.480 e. The molecular formula is C32H55N3O40S5. The Hall–Kier alpha value is -3.37. The Bertz CT molecular complexity index is 2720. The molecule has 0 spiro atoms. The van der Waals surface area contributed by atoms with E-state index < -0.39 is 230 Å². The molecule has 19 N–H and O–H groups in total. The van der Waals surface area contributed by atoms with Gasteiger partial charge in [0.1, 0.15) is 79.2 Å². The summed E-state index contributed by atoms with van der Waals surface area (Å²) in [5.74, 6) is -6.97. The van der Waals surface area contributed by atoms with E-state index in [1.54, 1.807) is 6.92 Å². The first-order chi connectivity index (χ1) is 36.3. The van der Waals surface area contributed by atoms with Gasteiger partial charge in [-0.3, -0.25) is 32.4 Å². The molecule has 4 aliphatic rings. The zero-order chi connectivity index (χ0) is 61.7. The monoisotopic (exact) mass is 1280 g/mol. The minimum absolute atomic E-state index is 0.405. The molecule has 0 aromatic heterocycles. The smallest absolute Gasteiger partial charge is 0.397 e. The third-order valence-electron chi connectivity index (χ3n) is 11.3. The lowest BCUT2D eigenvalue weighted by Gasteiger charge is -2.50. The zero-order valence-electron chi connectivity index (χ0n) is 40.2. The first kappa shape index (κ1) is 70.9. The van der Waals surface area contributed by atoms with Gasteiger partial charge in [0.05, 0.1) is 19.3 Å². The van der Waals surface area contributed by atoms with Gasteiger partial charge in [0.2, 0.25) is 5.91 Å². The molecule has 4 heterocycles. The molecule has 48 heteroatoms. The molecule has 1 unspecified atom stereocenters. The lowest BCUT2D eigenvalue weighted by atomic mass is 9.94. The summed E-state index contributed by atoms with van der Waals surface area (Å²) in [6.45, 7) is 0.882. The van der Waals surface area contributed by atoms with E-state index in [9.17, 15) is 120 Å². The molecular weight excluding hydrogens is 1230 g/mol. The second-order valence-corrected chi connectivity index (χ2v) is 22.5. The Morgan fingerprint density at radius 1 is 0.562 bits per heavy atom. The lowest BCUT2D eigenvalue weighted by molar-refractivity contribution is -0.366. The van der Waals surface area contributed by atoms with Gasteiger partial charge in [-0.05, 0) is 6.92 Å². The Labute approximate surface area is 449 Å². The second kappa shape index (κ2) is 28.0. The molecule has 468 valence electrons. The van der Waals surface area contributed by atoms with Crippen molar-refractivity contribution in [2.24, 2.45) is 11.7 Å². The van der Waals surface area contributed by atoms with Crippen LogP contribution in [-0.2, 0) is 121 Å². The second-order valence-electron chi connectivity index (χ2n) is 17.1. The topological polar surface area (TPSA) is 694 Å². The van der Waals surface area contributed by atoms with E-state index >= 15 is 0 Å². The lowest BCUT2D eigenvalue weighted by Crippen LogP contribution is -2.71. The van der Waals surface area contributed by atoms with Crippen molar-refractivity contribution in [2.75, 3.05) is 13.2 Å². The predicted octanol–water partition coefficient (Wildman–Crippen LogP) is -11.3. The average Bonchev–Trinajstić information content (AvgIpc) is 3.28. The largest absolute Gasteiger partial charge is 0.480 e. The molecule has 0 radical (unpaired) electrons. The highest BCUT2D eigenvalue weighted by Crippen LogP contribution is 2.37. The number of carbonyl (C=O) groups is 4. The zero-order valence-corrected chi connectivity index (χ0v) is 44.3. The van der Waals surface area contributed by atoms with Crippen LogP contribution in [0.3, 0.4) is 0 Å². The Kier molecular flexibility index (Phi) is 24.8. The van der Waals surface area contributed by atoms with Crippen molar-refractivity contribution in [1.29, 1.82) is 0 Å². The summed E-state index contributed by atoms with van der Waals surface area (Å²) in [5, 5.41) is 103. The number of carbonyl (C=O) groups excluding carboxylic acids is 1. The molecule has 43 nitrogen and oxygen atoms in total. The van der Waals surface area contributed by atoms with Crippen LogP contribution in [0.4, 0.5) is 0 Å². The summed E-state index contributed by atoms with van der Waals surface area (Å²) in [4.78, 5) is 46.6. The summed E-state index contributed by atoms with van der Waals surface area (Å²) < 4.78 is 222. The molecule has 23 atom stereocenters. The van der Waals surface area contributed by atoms with Crippen molar-refractivity contribution in [3.8, 4) is 0 Å². The highest BCUT2D eigenvalue weighted by molar-refractivity contribution is 7.83. The molecule has 4 saturated heterocycles. The number of aliphatic carboxylic acids is 3. The minimum atomic E-state index is -6.09. The number of hydrogen-bond acceptors (Lipinski definition) is 33. The fourth-order valence-electron chi connectivity index (χ4n) is 7.58. The number of rotatable bonds is 24. The van der Waals surface area contributed by atoms with Gasteiger partial charge in [-0.25, -0.2) is 26.3 Å². The van der Waals surface area contributed by atoms with Crippen LogP contribution in [0.1, 0.15) is 20.8 Å². The number of aliphatic hydroxyl groups is 7. The van der Waals surface area contributed by atoms with Crippen LogP contribution in [-0.4, -0.2) is 288 Å². The van der Waals surface area contributed by atoms with E-state index in [0.29, 0.717) is 0 Å². The first-order valence-electron chi connectivity index (χ1n) is 21.6. The summed E-state index contributed by atoms with van der Waals surface area (Å²) >= 11 is 0. The van der Waals surface area contributed by atoms with Crippen molar-refractivity contribution in [1.82, 2.24) is 10.0 Å². The number of hydrogen-bond donors (Lipinski definition) is 18.